The fourth-order valence-corrected chi connectivity index (χ4v) is 3.19. The molecule has 1 aromatic carbocycles. The van der Waals surface area contributed by atoms with Crippen LogP contribution < -0.4 is 10.5 Å². The molecule has 0 bridgehead atoms. The number of nitrogens with two attached hydrogens (primary N) is 1. The molecular formula is C21H34N2O. The van der Waals surface area contributed by atoms with E-state index in [1.165, 1.54) is 37.8 Å². The largest absolute Gasteiger partial charge is 0.494 e. The lowest BCUT2D eigenvalue weighted by atomic mass is 9.95. The molecular weight excluding hydrogens is 296 g/mol. The zero-order valence-corrected chi connectivity index (χ0v) is 15.3. The average Bonchev–Trinajstić information content (AvgIpc) is 2.62. The Kier molecular flexibility index (Phi) is 8.93. The summed E-state index contributed by atoms with van der Waals surface area (Å²) in [7, 11) is 0. The Bertz CT molecular complexity index is 486. The predicted molar refractivity (Wildman–Crippen MR) is 103 cm³/mol. The summed E-state index contributed by atoms with van der Waals surface area (Å²) in [5.74, 6) is 1.49. The van der Waals surface area contributed by atoms with E-state index in [0.717, 1.165) is 44.8 Å². The topological polar surface area (TPSA) is 38.5 Å². The van der Waals surface area contributed by atoms with Gasteiger partial charge in [0.2, 0.25) is 0 Å². The predicted octanol–water partition coefficient (Wildman–Crippen LogP) is 4.34. The highest BCUT2D eigenvalue weighted by molar-refractivity contribution is 5.34. The molecule has 0 fully saturated rings. The molecule has 1 atom stereocenters. The summed E-state index contributed by atoms with van der Waals surface area (Å²) in [6.07, 6.45) is 12.0. The van der Waals surface area contributed by atoms with Crippen molar-refractivity contribution in [3.63, 3.8) is 0 Å². The molecule has 0 saturated heterocycles. The van der Waals surface area contributed by atoms with Crippen molar-refractivity contribution in [3.05, 3.63) is 42.0 Å². The second-order valence-corrected chi connectivity index (χ2v) is 6.77. The zero-order valence-electron chi connectivity index (χ0n) is 15.3. The number of hydrogen-bond acceptors (Lipinski definition) is 3. The molecule has 1 unspecified atom stereocenters. The van der Waals surface area contributed by atoms with Crippen molar-refractivity contribution in [2.24, 2.45) is 5.73 Å². The van der Waals surface area contributed by atoms with Crippen LogP contribution in [0.3, 0.4) is 0 Å². The molecule has 0 aromatic heterocycles. The number of ether oxygens (including phenoxy) is 1. The minimum Gasteiger partial charge on any atom is -0.494 e. The van der Waals surface area contributed by atoms with E-state index < -0.39 is 0 Å². The third-order valence-electron chi connectivity index (χ3n) is 4.67. The molecule has 2 N–H and O–H groups in total. The SMILES string of the molecule is CCCCOc1cccc(C2C=CCN(CCCCCCN)C2)c1. The number of hydrogen-bond donors (Lipinski definition) is 1. The molecule has 3 nitrogen and oxygen atoms in total. The molecule has 1 aliphatic heterocycles. The maximum Gasteiger partial charge on any atom is 0.119 e. The molecule has 0 amide bonds. The fraction of sp³-hybridized carbons (Fsp3) is 0.619. The molecule has 1 aliphatic rings. The molecule has 0 spiro atoms. The van der Waals surface area contributed by atoms with Gasteiger partial charge in [0.1, 0.15) is 5.75 Å². The standard InChI is InChI=1S/C21H34N2O/c1-2-3-16-24-21-12-8-10-19(17-21)20-11-9-15-23(18-20)14-7-5-4-6-13-22/h8-12,17,20H,2-7,13-16,18,22H2,1H3. The fourth-order valence-electron chi connectivity index (χ4n) is 3.19. The maximum atomic E-state index is 5.86. The molecule has 134 valence electrons. The summed E-state index contributed by atoms with van der Waals surface area (Å²) in [4.78, 5) is 2.57. The van der Waals surface area contributed by atoms with Crippen molar-refractivity contribution in [2.75, 3.05) is 32.8 Å². The molecule has 0 saturated carbocycles. The minimum atomic E-state index is 0.484. The van der Waals surface area contributed by atoms with E-state index in [0.29, 0.717) is 5.92 Å². The second-order valence-electron chi connectivity index (χ2n) is 6.77. The van der Waals surface area contributed by atoms with Gasteiger partial charge in [-0.2, -0.15) is 0 Å². The smallest absolute Gasteiger partial charge is 0.119 e. The second kappa shape index (κ2) is 11.3. The van der Waals surface area contributed by atoms with E-state index in [4.69, 9.17) is 10.5 Å². The van der Waals surface area contributed by atoms with Crippen molar-refractivity contribution >= 4 is 0 Å². The molecule has 1 heterocycles. The monoisotopic (exact) mass is 330 g/mol. The van der Waals surface area contributed by atoms with Crippen LogP contribution in [-0.2, 0) is 0 Å². The van der Waals surface area contributed by atoms with Crippen LogP contribution >= 0.6 is 0 Å². The number of benzene rings is 1. The Balaban J connectivity index is 1.82. The van der Waals surface area contributed by atoms with E-state index in [1.807, 2.05) is 0 Å². The van der Waals surface area contributed by atoms with Crippen LogP contribution in [0.1, 0.15) is 56.9 Å². The first kappa shape index (κ1) is 19.0. The van der Waals surface area contributed by atoms with Crippen molar-refractivity contribution in [2.45, 2.75) is 51.4 Å². The number of rotatable bonds is 11. The lowest BCUT2D eigenvalue weighted by Gasteiger charge is -2.29. The molecule has 0 aliphatic carbocycles. The third-order valence-corrected chi connectivity index (χ3v) is 4.67. The molecule has 24 heavy (non-hydrogen) atoms. The van der Waals surface area contributed by atoms with Crippen LogP contribution in [0.25, 0.3) is 0 Å². The Morgan fingerprint density at radius 1 is 1.17 bits per heavy atom. The van der Waals surface area contributed by atoms with E-state index in [9.17, 15) is 0 Å². The van der Waals surface area contributed by atoms with Crippen LogP contribution in [0.15, 0.2) is 36.4 Å². The summed E-state index contributed by atoms with van der Waals surface area (Å²) in [5, 5.41) is 0. The van der Waals surface area contributed by atoms with Gasteiger partial charge in [0, 0.05) is 19.0 Å². The van der Waals surface area contributed by atoms with Gasteiger partial charge in [-0.3, -0.25) is 4.90 Å². The van der Waals surface area contributed by atoms with Gasteiger partial charge in [-0.1, -0.05) is 50.5 Å². The minimum absolute atomic E-state index is 0.484. The Morgan fingerprint density at radius 3 is 2.88 bits per heavy atom. The normalized spacial score (nSPS) is 18.0. The van der Waals surface area contributed by atoms with Gasteiger partial charge in [-0.25, -0.2) is 0 Å². The van der Waals surface area contributed by atoms with Gasteiger partial charge in [-0.05, 0) is 50.0 Å². The summed E-state index contributed by atoms with van der Waals surface area (Å²) >= 11 is 0. The van der Waals surface area contributed by atoms with Crippen LogP contribution in [0.5, 0.6) is 5.75 Å². The Hall–Kier alpha value is -1.32. The van der Waals surface area contributed by atoms with Gasteiger partial charge in [0.15, 0.2) is 0 Å². The first-order chi connectivity index (χ1) is 11.8. The van der Waals surface area contributed by atoms with Gasteiger partial charge in [0.05, 0.1) is 6.61 Å². The lowest BCUT2D eigenvalue weighted by Crippen LogP contribution is -2.32. The lowest BCUT2D eigenvalue weighted by molar-refractivity contribution is 0.276. The highest BCUT2D eigenvalue weighted by Crippen LogP contribution is 2.25. The first-order valence-electron chi connectivity index (χ1n) is 9.65. The highest BCUT2D eigenvalue weighted by Gasteiger charge is 2.17. The molecule has 2 rings (SSSR count). The van der Waals surface area contributed by atoms with Crippen LogP contribution in [-0.4, -0.2) is 37.7 Å². The third kappa shape index (κ3) is 6.66. The highest BCUT2D eigenvalue weighted by atomic mass is 16.5. The van der Waals surface area contributed by atoms with E-state index >= 15 is 0 Å². The number of unbranched alkanes of at least 4 members (excludes halogenated alkanes) is 4. The Morgan fingerprint density at radius 2 is 2.04 bits per heavy atom. The van der Waals surface area contributed by atoms with E-state index in [2.05, 4.69) is 48.2 Å². The molecule has 1 aromatic rings. The Labute approximate surface area is 147 Å². The zero-order chi connectivity index (χ0) is 17.0. The van der Waals surface area contributed by atoms with Crippen molar-refractivity contribution in [3.8, 4) is 5.75 Å². The van der Waals surface area contributed by atoms with Crippen LogP contribution in [0.4, 0.5) is 0 Å². The van der Waals surface area contributed by atoms with Crippen LogP contribution in [0, 0.1) is 0 Å². The van der Waals surface area contributed by atoms with E-state index in [1.54, 1.807) is 0 Å². The summed E-state index contributed by atoms with van der Waals surface area (Å²) in [6, 6.07) is 8.64. The quantitative estimate of drug-likeness (QED) is 0.484. The molecule has 3 heteroatoms. The first-order valence-corrected chi connectivity index (χ1v) is 9.65. The summed E-state index contributed by atoms with van der Waals surface area (Å²) in [6.45, 7) is 7.22. The van der Waals surface area contributed by atoms with Crippen molar-refractivity contribution in [1.29, 1.82) is 0 Å². The van der Waals surface area contributed by atoms with Gasteiger partial charge in [-0.15, -0.1) is 0 Å². The van der Waals surface area contributed by atoms with Gasteiger partial charge in [0.25, 0.3) is 0 Å². The van der Waals surface area contributed by atoms with Crippen LogP contribution in [0.2, 0.25) is 0 Å². The van der Waals surface area contributed by atoms with E-state index in [-0.39, 0.29) is 0 Å². The van der Waals surface area contributed by atoms with Gasteiger partial charge < -0.3 is 10.5 Å². The van der Waals surface area contributed by atoms with Crippen molar-refractivity contribution < 1.29 is 4.74 Å². The van der Waals surface area contributed by atoms with Gasteiger partial charge >= 0.3 is 0 Å². The molecule has 0 radical (unpaired) electrons. The average molecular weight is 331 g/mol. The number of nitrogens with zero attached hydrogens (tertiary/aromatic N) is 1. The summed E-state index contributed by atoms with van der Waals surface area (Å²) in [5.41, 5.74) is 6.93. The van der Waals surface area contributed by atoms with Crippen molar-refractivity contribution in [1.82, 2.24) is 4.90 Å². The maximum absolute atomic E-state index is 5.86. The summed E-state index contributed by atoms with van der Waals surface area (Å²) < 4.78 is 5.86.